The number of nitrogens with one attached hydrogen (secondary N) is 1. The Kier molecular flexibility index (Phi) is 39.1. The number of imidazole rings is 1. The van der Waals surface area contributed by atoms with Crippen LogP contribution in [0.25, 0.3) is 0 Å². The molecule has 0 radical (unpaired) electrons. The van der Waals surface area contributed by atoms with E-state index in [9.17, 15) is 0 Å². The third-order valence-electron chi connectivity index (χ3n) is 3.82. The Morgan fingerprint density at radius 1 is 0.645 bits per heavy atom. The van der Waals surface area contributed by atoms with Crippen LogP contribution in [0.2, 0.25) is 0 Å². The molecule has 0 amide bonds. The van der Waals surface area contributed by atoms with Crippen molar-refractivity contribution in [3.63, 3.8) is 0 Å². The van der Waals surface area contributed by atoms with Crippen molar-refractivity contribution in [1.29, 1.82) is 0 Å². The first-order valence-corrected chi connectivity index (χ1v) is 12.7. The standard InChI is InChI=1S/2C7H16.C6H8N.C4H6N2.2C2H6/c2*1-4-5-6-7(2)3;1-7-5-3-2-4-6-7;1-6-3-2-5-4-6;2*1-2/h2*7H,4-6H2,1-3H3;2-6H,1H3;2-4H,1H3;2*1-2H3/q;;+1;;;/p+1. The van der Waals surface area contributed by atoms with E-state index in [1.807, 2.05) is 100 Å². The Morgan fingerprint density at radius 2 is 1.06 bits per heavy atom. The van der Waals surface area contributed by atoms with Crippen molar-refractivity contribution in [3.8, 4) is 0 Å². The van der Waals surface area contributed by atoms with Gasteiger partial charge in [0, 0.05) is 12.1 Å². The van der Waals surface area contributed by atoms with Crippen LogP contribution in [0.15, 0.2) is 49.3 Å². The summed E-state index contributed by atoms with van der Waals surface area (Å²) in [5.74, 6) is 1.81. The summed E-state index contributed by atoms with van der Waals surface area (Å²) in [5.41, 5.74) is 0. The molecule has 31 heavy (non-hydrogen) atoms. The fourth-order valence-electron chi connectivity index (χ4n) is 2.07. The summed E-state index contributed by atoms with van der Waals surface area (Å²) in [6, 6.07) is 6.00. The number of unbranched alkanes of at least 4 members (excludes halogenated alkanes) is 2. The second-order valence-electron chi connectivity index (χ2n) is 7.89. The molecule has 0 aliphatic carbocycles. The molecule has 0 aliphatic heterocycles. The fraction of sp³-hybridized carbons (Fsp3) is 0.714. The Balaban J connectivity index is -0.000000149. The molecule has 184 valence electrons. The van der Waals surface area contributed by atoms with E-state index >= 15 is 0 Å². The van der Waals surface area contributed by atoms with E-state index in [-0.39, 0.29) is 0 Å². The molecule has 0 atom stereocenters. The third-order valence-corrected chi connectivity index (χ3v) is 3.82. The maximum Gasteiger partial charge on any atom is 0.241 e. The van der Waals surface area contributed by atoms with Gasteiger partial charge in [0.15, 0.2) is 12.4 Å². The van der Waals surface area contributed by atoms with E-state index in [0.717, 1.165) is 11.8 Å². The SMILES string of the molecule is CC.CC.CCCCC(C)C.CCCCC(C)C.C[n+]1cc[nH]c1.C[n+]1ccccc1. The van der Waals surface area contributed by atoms with E-state index in [2.05, 4.69) is 46.5 Å². The average Bonchev–Trinajstić information content (AvgIpc) is 3.26. The van der Waals surface area contributed by atoms with Gasteiger partial charge in [-0.05, 0) is 11.8 Å². The van der Waals surface area contributed by atoms with Crippen LogP contribution in [0.1, 0.15) is 108 Å². The summed E-state index contributed by atoms with van der Waals surface area (Å²) >= 11 is 0. The zero-order valence-electron chi connectivity index (χ0n) is 23.4. The van der Waals surface area contributed by atoms with Crippen molar-refractivity contribution in [2.45, 2.75) is 108 Å². The highest BCUT2D eigenvalue weighted by Gasteiger charge is 1.89. The maximum atomic E-state index is 2.89. The topological polar surface area (TPSA) is 23.5 Å². The number of rotatable bonds is 6. The first kappa shape index (κ1) is 36.7. The molecular formula is C28H59N3+2. The highest BCUT2D eigenvalue weighted by Crippen LogP contribution is 2.04. The van der Waals surface area contributed by atoms with Gasteiger partial charge in [-0.25, -0.2) is 9.13 Å². The molecule has 0 aromatic carbocycles. The van der Waals surface area contributed by atoms with Crippen LogP contribution in [-0.4, -0.2) is 4.98 Å². The van der Waals surface area contributed by atoms with Crippen molar-refractivity contribution in [2.75, 3.05) is 0 Å². The van der Waals surface area contributed by atoms with Crippen LogP contribution in [0.5, 0.6) is 0 Å². The lowest BCUT2D eigenvalue weighted by Crippen LogP contribution is -2.25. The number of aromatic amines is 1. The lowest BCUT2D eigenvalue weighted by molar-refractivity contribution is -0.671. The van der Waals surface area contributed by atoms with Crippen LogP contribution in [0.4, 0.5) is 0 Å². The molecule has 0 fully saturated rings. The number of H-pyrrole nitrogens is 1. The van der Waals surface area contributed by atoms with Crippen molar-refractivity contribution in [1.82, 2.24) is 4.98 Å². The minimum atomic E-state index is 0.903. The van der Waals surface area contributed by atoms with Crippen molar-refractivity contribution < 1.29 is 9.13 Å². The van der Waals surface area contributed by atoms with Gasteiger partial charge >= 0.3 is 0 Å². The molecule has 0 saturated heterocycles. The summed E-state index contributed by atoms with van der Waals surface area (Å²) in [4.78, 5) is 2.89. The van der Waals surface area contributed by atoms with Crippen LogP contribution in [0.3, 0.4) is 0 Å². The molecule has 0 aliphatic rings. The van der Waals surface area contributed by atoms with Crippen LogP contribution in [-0.2, 0) is 14.1 Å². The van der Waals surface area contributed by atoms with Gasteiger partial charge in [-0.2, -0.15) is 0 Å². The molecule has 3 nitrogen and oxygen atoms in total. The van der Waals surface area contributed by atoms with Crippen LogP contribution in [0, 0.1) is 11.8 Å². The summed E-state index contributed by atoms with van der Waals surface area (Å²) in [6.07, 6.45) is 18.0. The number of hydrogen-bond donors (Lipinski definition) is 1. The minimum Gasteiger partial charge on any atom is -0.250 e. The Hall–Kier alpha value is -1.64. The second kappa shape index (κ2) is 33.0. The van der Waals surface area contributed by atoms with Crippen LogP contribution >= 0.6 is 0 Å². The zero-order chi connectivity index (χ0) is 24.9. The summed E-state index contributed by atoms with van der Waals surface area (Å²) in [7, 11) is 3.97. The zero-order valence-corrected chi connectivity index (χ0v) is 23.4. The van der Waals surface area contributed by atoms with Gasteiger partial charge < -0.3 is 0 Å². The number of aryl methyl sites for hydroxylation is 2. The molecule has 0 spiro atoms. The fourth-order valence-corrected chi connectivity index (χ4v) is 2.07. The highest BCUT2D eigenvalue weighted by atomic mass is 15.0. The summed E-state index contributed by atoms with van der Waals surface area (Å²) in [6.45, 7) is 21.6. The maximum absolute atomic E-state index is 2.89. The van der Waals surface area contributed by atoms with Gasteiger partial charge in [-0.3, -0.25) is 4.98 Å². The number of aromatic nitrogens is 3. The molecule has 0 bridgehead atoms. The Bertz CT molecular complexity index is 464. The molecule has 1 N–H and O–H groups in total. The smallest absolute Gasteiger partial charge is 0.241 e. The average molecular weight is 438 g/mol. The molecule has 0 unspecified atom stereocenters. The summed E-state index contributed by atoms with van der Waals surface area (Å²) < 4.78 is 3.94. The summed E-state index contributed by atoms with van der Waals surface area (Å²) in [5, 5.41) is 0. The molecule has 2 rings (SSSR count). The van der Waals surface area contributed by atoms with Gasteiger partial charge in [0.2, 0.25) is 6.33 Å². The van der Waals surface area contributed by atoms with E-state index in [1.54, 1.807) is 0 Å². The third kappa shape index (κ3) is 43.2. The highest BCUT2D eigenvalue weighted by molar-refractivity contribution is 4.83. The molecular weight excluding hydrogens is 378 g/mol. The van der Waals surface area contributed by atoms with Gasteiger partial charge in [-0.15, -0.1) is 0 Å². The monoisotopic (exact) mass is 437 g/mol. The van der Waals surface area contributed by atoms with E-state index in [1.165, 1.54) is 38.5 Å². The molecule has 2 aromatic heterocycles. The minimum absolute atomic E-state index is 0.903. The van der Waals surface area contributed by atoms with Crippen molar-refractivity contribution >= 4 is 0 Å². The molecule has 2 aromatic rings. The Labute approximate surface area is 197 Å². The molecule has 0 saturated carbocycles. The largest absolute Gasteiger partial charge is 0.250 e. The molecule has 3 heteroatoms. The second-order valence-corrected chi connectivity index (χ2v) is 7.89. The number of nitrogens with zero attached hydrogens (tertiary/aromatic N) is 2. The van der Waals surface area contributed by atoms with Gasteiger partial charge in [0.1, 0.15) is 19.4 Å². The normalized spacial score (nSPS) is 8.71. The quantitative estimate of drug-likeness (QED) is 0.442. The van der Waals surface area contributed by atoms with E-state index in [4.69, 9.17) is 0 Å². The van der Waals surface area contributed by atoms with E-state index in [0.29, 0.717) is 0 Å². The van der Waals surface area contributed by atoms with Gasteiger partial charge in [-0.1, -0.05) is 114 Å². The first-order valence-electron chi connectivity index (χ1n) is 12.7. The van der Waals surface area contributed by atoms with Crippen molar-refractivity contribution in [2.24, 2.45) is 25.9 Å². The lowest BCUT2D eigenvalue weighted by atomic mass is 10.1. The van der Waals surface area contributed by atoms with Crippen molar-refractivity contribution in [3.05, 3.63) is 49.3 Å². The molecule has 2 heterocycles. The van der Waals surface area contributed by atoms with Crippen LogP contribution < -0.4 is 9.13 Å². The van der Waals surface area contributed by atoms with E-state index < -0.39 is 0 Å². The van der Waals surface area contributed by atoms with Gasteiger partial charge in [0.25, 0.3) is 0 Å². The Morgan fingerprint density at radius 3 is 1.19 bits per heavy atom. The predicted molar refractivity (Wildman–Crippen MR) is 141 cm³/mol. The number of pyridine rings is 1. The number of hydrogen-bond acceptors (Lipinski definition) is 0. The predicted octanol–water partition coefficient (Wildman–Crippen LogP) is 8.07. The first-order chi connectivity index (χ1) is 14.8. The van der Waals surface area contributed by atoms with Gasteiger partial charge in [0.05, 0.1) is 7.05 Å². The lowest BCUT2D eigenvalue weighted by Gasteiger charge is -1.98.